The Kier molecular flexibility index (Phi) is 4.27. The number of nitrogens with zero attached hydrogens (tertiary/aromatic N) is 1. The van der Waals surface area contributed by atoms with Gasteiger partial charge in [0, 0.05) is 18.6 Å². The Morgan fingerprint density at radius 2 is 2.00 bits per heavy atom. The van der Waals surface area contributed by atoms with Gasteiger partial charge in [-0.15, -0.1) is 0 Å². The number of fused-ring (bicyclic) bond motifs is 2. The molecule has 0 radical (unpaired) electrons. The standard InChI is InChI=1S/C17H26N2O/c1-13(2-3-14-4-6-16(20)7-5-14)18-17-9-11-19-10-8-15(17)12-19/h4-7,13,15,17-18,20H,2-3,8-12H2,1H3. The van der Waals surface area contributed by atoms with Gasteiger partial charge in [-0.2, -0.15) is 0 Å². The van der Waals surface area contributed by atoms with Gasteiger partial charge in [0.15, 0.2) is 0 Å². The third-order valence-electron chi connectivity index (χ3n) is 4.94. The van der Waals surface area contributed by atoms with Crippen LogP contribution in [0, 0.1) is 5.92 Å². The fourth-order valence-corrected chi connectivity index (χ4v) is 3.67. The fraction of sp³-hybridized carbons (Fsp3) is 0.647. The van der Waals surface area contributed by atoms with Gasteiger partial charge in [-0.05, 0) is 69.3 Å². The number of nitrogens with one attached hydrogen (secondary N) is 1. The van der Waals surface area contributed by atoms with E-state index >= 15 is 0 Å². The first kappa shape index (κ1) is 13.9. The van der Waals surface area contributed by atoms with Crippen LogP contribution in [0.3, 0.4) is 0 Å². The zero-order chi connectivity index (χ0) is 13.9. The summed E-state index contributed by atoms with van der Waals surface area (Å²) in [4.78, 5) is 2.60. The van der Waals surface area contributed by atoms with Crippen molar-refractivity contribution in [3.63, 3.8) is 0 Å². The molecule has 0 aromatic heterocycles. The molecular weight excluding hydrogens is 248 g/mol. The number of benzene rings is 1. The number of aromatic hydroxyl groups is 1. The maximum atomic E-state index is 9.29. The van der Waals surface area contributed by atoms with Gasteiger partial charge in [0.1, 0.15) is 5.75 Å². The van der Waals surface area contributed by atoms with E-state index < -0.39 is 0 Å². The second-order valence-electron chi connectivity index (χ2n) is 6.52. The number of phenolic OH excluding ortho intramolecular Hbond substituents is 1. The summed E-state index contributed by atoms with van der Waals surface area (Å²) in [5.74, 6) is 1.23. The topological polar surface area (TPSA) is 35.5 Å². The predicted molar refractivity (Wildman–Crippen MR) is 82.0 cm³/mol. The number of hydrogen-bond acceptors (Lipinski definition) is 3. The van der Waals surface area contributed by atoms with Crippen LogP contribution in [-0.2, 0) is 6.42 Å². The summed E-state index contributed by atoms with van der Waals surface area (Å²) < 4.78 is 0. The summed E-state index contributed by atoms with van der Waals surface area (Å²) in [5.41, 5.74) is 1.31. The highest BCUT2D eigenvalue weighted by molar-refractivity contribution is 5.25. The zero-order valence-corrected chi connectivity index (χ0v) is 12.4. The molecule has 3 rings (SSSR count). The smallest absolute Gasteiger partial charge is 0.115 e. The highest BCUT2D eigenvalue weighted by Crippen LogP contribution is 2.27. The lowest BCUT2D eigenvalue weighted by Gasteiger charge is -2.33. The Hall–Kier alpha value is -1.06. The van der Waals surface area contributed by atoms with Crippen LogP contribution in [0.15, 0.2) is 24.3 Å². The van der Waals surface area contributed by atoms with E-state index in [1.54, 1.807) is 12.1 Å². The van der Waals surface area contributed by atoms with Crippen molar-refractivity contribution in [2.75, 3.05) is 19.6 Å². The van der Waals surface area contributed by atoms with Crippen LogP contribution in [0.2, 0.25) is 0 Å². The number of phenols is 1. The van der Waals surface area contributed by atoms with Gasteiger partial charge in [-0.1, -0.05) is 12.1 Å². The molecule has 20 heavy (non-hydrogen) atoms. The number of hydrogen-bond donors (Lipinski definition) is 2. The normalized spacial score (nSPS) is 30.4. The van der Waals surface area contributed by atoms with Crippen molar-refractivity contribution >= 4 is 0 Å². The maximum absolute atomic E-state index is 9.29. The molecule has 2 heterocycles. The van der Waals surface area contributed by atoms with Gasteiger partial charge >= 0.3 is 0 Å². The van der Waals surface area contributed by atoms with Crippen LogP contribution in [0.5, 0.6) is 5.75 Å². The average molecular weight is 274 g/mol. The molecule has 4 unspecified atom stereocenters. The lowest BCUT2D eigenvalue weighted by Crippen LogP contribution is -2.47. The quantitative estimate of drug-likeness (QED) is 0.865. The van der Waals surface area contributed by atoms with Gasteiger partial charge in [-0.3, -0.25) is 0 Å². The minimum atomic E-state index is 0.355. The molecule has 2 saturated heterocycles. The second kappa shape index (κ2) is 6.15. The van der Waals surface area contributed by atoms with Gasteiger partial charge in [0.05, 0.1) is 0 Å². The highest BCUT2D eigenvalue weighted by Gasteiger charge is 2.34. The van der Waals surface area contributed by atoms with E-state index in [9.17, 15) is 5.11 Å². The molecule has 1 aromatic carbocycles. The summed E-state index contributed by atoms with van der Waals surface area (Å²) in [6.07, 6.45) is 4.94. The van der Waals surface area contributed by atoms with Gasteiger partial charge in [0.2, 0.25) is 0 Å². The molecule has 4 atom stereocenters. The lowest BCUT2D eigenvalue weighted by molar-refractivity contribution is 0.210. The van der Waals surface area contributed by atoms with Crippen LogP contribution in [-0.4, -0.2) is 41.7 Å². The van der Waals surface area contributed by atoms with Crippen molar-refractivity contribution in [2.24, 2.45) is 5.92 Å². The largest absolute Gasteiger partial charge is 0.508 e. The molecule has 3 nitrogen and oxygen atoms in total. The van der Waals surface area contributed by atoms with Crippen molar-refractivity contribution < 1.29 is 5.11 Å². The van der Waals surface area contributed by atoms with Crippen LogP contribution in [0.4, 0.5) is 0 Å². The third kappa shape index (κ3) is 3.33. The molecule has 0 spiro atoms. The molecule has 2 bridgehead atoms. The molecule has 3 heteroatoms. The van der Waals surface area contributed by atoms with Gasteiger partial charge in [0.25, 0.3) is 0 Å². The third-order valence-corrected chi connectivity index (χ3v) is 4.94. The van der Waals surface area contributed by atoms with E-state index in [0.717, 1.165) is 24.8 Å². The monoisotopic (exact) mass is 274 g/mol. The number of piperidine rings is 1. The minimum absolute atomic E-state index is 0.355. The summed E-state index contributed by atoms with van der Waals surface area (Å²) in [6.45, 7) is 6.20. The maximum Gasteiger partial charge on any atom is 0.115 e. The predicted octanol–water partition coefficient (Wildman–Crippen LogP) is 2.40. The van der Waals surface area contributed by atoms with Crippen molar-refractivity contribution in [2.45, 2.75) is 44.7 Å². The first-order valence-electron chi connectivity index (χ1n) is 7.97. The first-order chi connectivity index (χ1) is 9.70. The molecule has 2 aliphatic rings. The van der Waals surface area contributed by atoms with Gasteiger partial charge in [-0.25, -0.2) is 0 Å². The van der Waals surface area contributed by atoms with Crippen LogP contribution >= 0.6 is 0 Å². The SMILES string of the molecule is CC(CCc1ccc(O)cc1)NC1CCN2CCC1C2. The Balaban J connectivity index is 1.45. The van der Waals surface area contributed by atoms with E-state index in [2.05, 4.69) is 17.1 Å². The van der Waals surface area contributed by atoms with E-state index in [-0.39, 0.29) is 0 Å². The van der Waals surface area contributed by atoms with Crippen molar-refractivity contribution in [1.29, 1.82) is 0 Å². The van der Waals surface area contributed by atoms with Crippen LogP contribution in [0.25, 0.3) is 0 Å². The number of aryl methyl sites for hydroxylation is 1. The molecule has 0 amide bonds. The second-order valence-corrected chi connectivity index (χ2v) is 6.52. The molecule has 1 aromatic rings. The molecule has 2 N–H and O–H groups in total. The average Bonchev–Trinajstić information content (AvgIpc) is 2.84. The molecule has 2 fully saturated rings. The van der Waals surface area contributed by atoms with E-state index in [4.69, 9.17) is 0 Å². The summed E-state index contributed by atoms with van der Waals surface area (Å²) in [6, 6.07) is 8.91. The zero-order valence-electron chi connectivity index (χ0n) is 12.4. The number of rotatable bonds is 5. The lowest BCUT2D eigenvalue weighted by atomic mass is 9.93. The Morgan fingerprint density at radius 3 is 2.80 bits per heavy atom. The summed E-state index contributed by atoms with van der Waals surface area (Å²) in [7, 11) is 0. The van der Waals surface area contributed by atoms with E-state index in [1.165, 1.54) is 38.0 Å². The minimum Gasteiger partial charge on any atom is -0.508 e. The summed E-state index contributed by atoms with van der Waals surface area (Å²) in [5, 5.41) is 13.1. The van der Waals surface area contributed by atoms with Crippen molar-refractivity contribution in [1.82, 2.24) is 10.2 Å². The van der Waals surface area contributed by atoms with Crippen molar-refractivity contribution in [3.8, 4) is 5.75 Å². The van der Waals surface area contributed by atoms with E-state index in [1.807, 2.05) is 12.1 Å². The van der Waals surface area contributed by atoms with Crippen LogP contribution < -0.4 is 5.32 Å². The molecule has 2 aliphatic heterocycles. The Labute approximate surface area is 122 Å². The summed E-state index contributed by atoms with van der Waals surface area (Å²) >= 11 is 0. The van der Waals surface area contributed by atoms with Gasteiger partial charge < -0.3 is 15.3 Å². The van der Waals surface area contributed by atoms with Crippen LogP contribution in [0.1, 0.15) is 31.7 Å². The molecule has 0 saturated carbocycles. The highest BCUT2D eigenvalue weighted by atomic mass is 16.3. The molecule has 110 valence electrons. The van der Waals surface area contributed by atoms with E-state index in [0.29, 0.717) is 11.8 Å². The Morgan fingerprint density at radius 1 is 1.25 bits per heavy atom. The molecular formula is C17H26N2O. The molecule has 0 aliphatic carbocycles. The fourth-order valence-electron chi connectivity index (χ4n) is 3.67. The Bertz CT molecular complexity index is 431. The van der Waals surface area contributed by atoms with Crippen molar-refractivity contribution in [3.05, 3.63) is 29.8 Å². The first-order valence-corrected chi connectivity index (χ1v) is 7.97.